The Labute approximate surface area is 270 Å². The Balaban J connectivity index is 1.29. The van der Waals surface area contributed by atoms with Gasteiger partial charge in [-0.2, -0.15) is 11.3 Å². The Morgan fingerprint density at radius 3 is 2.09 bits per heavy atom. The number of carbonyl (C=O) groups is 3. The molecule has 5 aromatic rings. The van der Waals surface area contributed by atoms with E-state index < -0.39 is 11.2 Å². The molecule has 0 saturated carbocycles. The molecule has 0 fully saturated rings. The van der Waals surface area contributed by atoms with Crippen molar-refractivity contribution < 1.29 is 19.1 Å². The number of carbonyl (C=O) groups excluding carboxylic acids is 3. The van der Waals surface area contributed by atoms with Crippen LogP contribution in [0.3, 0.4) is 0 Å². The highest BCUT2D eigenvalue weighted by atomic mass is 32.2. The maximum Gasteiger partial charge on any atom is 0.272 e. The van der Waals surface area contributed by atoms with Crippen LogP contribution in [0.4, 0.5) is 11.4 Å². The van der Waals surface area contributed by atoms with Gasteiger partial charge in [-0.1, -0.05) is 48.5 Å². The number of anilines is 2. The van der Waals surface area contributed by atoms with Gasteiger partial charge in [-0.3, -0.25) is 14.4 Å². The number of thiophene rings is 1. The zero-order valence-corrected chi connectivity index (χ0v) is 26.1. The van der Waals surface area contributed by atoms with Crippen LogP contribution in [0.1, 0.15) is 33.7 Å². The first-order valence-corrected chi connectivity index (χ1v) is 16.1. The number of ether oxygens (including phenoxy) is 1. The molecule has 5 rings (SSSR count). The van der Waals surface area contributed by atoms with E-state index >= 15 is 0 Å². The van der Waals surface area contributed by atoms with Gasteiger partial charge in [0.1, 0.15) is 16.7 Å². The Hall–Kier alpha value is -5.12. The van der Waals surface area contributed by atoms with Crippen LogP contribution in [0.5, 0.6) is 5.75 Å². The molecule has 4 aromatic carbocycles. The van der Waals surface area contributed by atoms with Gasteiger partial charge in [0, 0.05) is 21.8 Å². The Morgan fingerprint density at radius 2 is 1.44 bits per heavy atom. The molecule has 0 aliphatic rings. The summed E-state index contributed by atoms with van der Waals surface area (Å²) in [5.74, 6) is -0.258. The maximum absolute atomic E-state index is 13.5. The number of rotatable bonds is 12. The molecule has 0 bridgehead atoms. The third-order valence-electron chi connectivity index (χ3n) is 6.52. The molecular formula is C36H31N3O4S2. The SMILES string of the molecule is CCOc1ccc(NC(=O)C(Sc2ccc(NC(=O)/C(=C/c3ccsc3)NC(=O)c3ccccc3)cc2)c2ccccc2)cc1. The highest BCUT2D eigenvalue weighted by Crippen LogP contribution is 2.37. The zero-order valence-electron chi connectivity index (χ0n) is 24.4. The van der Waals surface area contributed by atoms with Crippen LogP contribution in [0, 0.1) is 0 Å². The van der Waals surface area contributed by atoms with Gasteiger partial charge in [0.05, 0.1) is 6.61 Å². The van der Waals surface area contributed by atoms with Crippen molar-refractivity contribution in [2.24, 2.45) is 0 Å². The predicted octanol–water partition coefficient (Wildman–Crippen LogP) is 8.03. The first-order chi connectivity index (χ1) is 22.0. The van der Waals surface area contributed by atoms with Crippen molar-refractivity contribution in [2.75, 3.05) is 17.2 Å². The second-order valence-electron chi connectivity index (χ2n) is 9.77. The summed E-state index contributed by atoms with van der Waals surface area (Å²) < 4.78 is 5.50. The van der Waals surface area contributed by atoms with Crippen molar-refractivity contribution in [2.45, 2.75) is 17.1 Å². The zero-order chi connectivity index (χ0) is 31.4. The van der Waals surface area contributed by atoms with E-state index in [4.69, 9.17) is 4.74 Å². The molecule has 0 spiro atoms. The van der Waals surface area contributed by atoms with Crippen LogP contribution < -0.4 is 20.7 Å². The van der Waals surface area contributed by atoms with Gasteiger partial charge in [-0.15, -0.1) is 11.8 Å². The van der Waals surface area contributed by atoms with Gasteiger partial charge in [0.15, 0.2) is 0 Å². The molecule has 7 nitrogen and oxygen atoms in total. The maximum atomic E-state index is 13.5. The number of benzene rings is 4. The van der Waals surface area contributed by atoms with Gasteiger partial charge in [-0.05, 0) is 102 Å². The van der Waals surface area contributed by atoms with Crippen molar-refractivity contribution in [3.8, 4) is 5.75 Å². The molecule has 0 aliphatic heterocycles. The number of hydrogen-bond acceptors (Lipinski definition) is 6. The van der Waals surface area contributed by atoms with Crippen LogP contribution in [0.2, 0.25) is 0 Å². The van der Waals surface area contributed by atoms with Gasteiger partial charge < -0.3 is 20.7 Å². The van der Waals surface area contributed by atoms with Crippen LogP contribution in [-0.2, 0) is 9.59 Å². The molecule has 0 aliphatic carbocycles. The normalized spacial score (nSPS) is 11.7. The van der Waals surface area contributed by atoms with E-state index in [0.29, 0.717) is 23.5 Å². The Morgan fingerprint density at radius 1 is 0.800 bits per heavy atom. The van der Waals surface area contributed by atoms with E-state index in [1.807, 2.05) is 96.5 Å². The van der Waals surface area contributed by atoms with Gasteiger partial charge in [0.25, 0.3) is 11.8 Å². The average Bonchev–Trinajstić information content (AvgIpc) is 3.59. The molecule has 226 valence electrons. The van der Waals surface area contributed by atoms with E-state index in [0.717, 1.165) is 21.8 Å². The quantitative estimate of drug-likeness (QED) is 0.0955. The summed E-state index contributed by atoms with van der Waals surface area (Å²) in [5, 5.41) is 11.9. The van der Waals surface area contributed by atoms with E-state index in [2.05, 4.69) is 16.0 Å². The van der Waals surface area contributed by atoms with Crippen molar-refractivity contribution in [1.82, 2.24) is 5.32 Å². The minimum atomic E-state index is -0.522. The molecule has 0 saturated heterocycles. The molecule has 3 N–H and O–H groups in total. The largest absolute Gasteiger partial charge is 0.494 e. The number of nitrogens with one attached hydrogen (secondary N) is 3. The molecule has 3 amide bonds. The lowest BCUT2D eigenvalue weighted by Crippen LogP contribution is -2.30. The van der Waals surface area contributed by atoms with E-state index in [-0.39, 0.29) is 17.5 Å². The van der Waals surface area contributed by atoms with Crippen LogP contribution in [-0.4, -0.2) is 24.3 Å². The molecular weight excluding hydrogens is 603 g/mol. The van der Waals surface area contributed by atoms with Crippen molar-refractivity contribution in [3.05, 3.63) is 148 Å². The van der Waals surface area contributed by atoms with E-state index in [1.54, 1.807) is 42.5 Å². The lowest BCUT2D eigenvalue weighted by molar-refractivity contribution is -0.116. The molecule has 9 heteroatoms. The summed E-state index contributed by atoms with van der Waals surface area (Å²) in [6.07, 6.45) is 1.64. The van der Waals surface area contributed by atoms with E-state index in [1.165, 1.54) is 23.1 Å². The van der Waals surface area contributed by atoms with Crippen molar-refractivity contribution in [3.63, 3.8) is 0 Å². The standard InChI is InChI=1S/C36H31N3O4S2/c1-2-43-30-17-13-28(14-18-30)38-36(42)33(26-9-5-3-6-10-26)45-31-19-15-29(16-20-31)37-35(41)32(23-25-21-22-44-24-25)39-34(40)27-11-7-4-8-12-27/h3-24,33H,2H2,1H3,(H,37,41)(H,38,42)(H,39,40)/b32-23-. The monoisotopic (exact) mass is 633 g/mol. The van der Waals surface area contributed by atoms with Crippen molar-refractivity contribution in [1.29, 1.82) is 0 Å². The van der Waals surface area contributed by atoms with Gasteiger partial charge >= 0.3 is 0 Å². The highest BCUT2D eigenvalue weighted by Gasteiger charge is 2.22. The number of thioether (sulfide) groups is 1. The van der Waals surface area contributed by atoms with E-state index in [9.17, 15) is 14.4 Å². The lowest BCUT2D eigenvalue weighted by Gasteiger charge is -2.18. The molecule has 1 unspecified atom stereocenters. The molecule has 45 heavy (non-hydrogen) atoms. The summed E-state index contributed by atoms with van der Waals surface area (Å²) in [7, 11) is 0. The lowest BCUT2D eigenvalue weighted by atomic mass is 10.1. The summed E-state index contributed by atoms with van der Waals surface area (Å²) in [6, 6.07) is 34.7. The summed E-state index contributed by atoms with van der Waals surface area (Å²) in [6.45, 7) is 2.49. The fraction of sp³-hybridized carbons (Fsp3) is 0.0833. The second-order valence-corrected chi connectivity index (χ2v) is 11.7. The second kappa shape index (κ2) is 15.6. The first-order valence-electron chi connectivity index (χ1n) is 14.3. The highest BCUT2D eigenvalue weighted by molar-refractivity contribution is 8.00. The summed E-state index contributed by atoms with van der Waals surface area (Å²) >= 11 is 2.90. The van der Waals surface area contributed by atoms with Crippen LogP contribution in [0.25, 0.3) is 6.08 Å². The molecule has 1 heterocycles. The minimum Gasteiger partial charge on any atom is -0.494 e. The number of amides is 3. The first kappa shape index (κ1) is 31.3. The van der Waals surface area contributed by atoms with Gasteiger partial charge in [0.2, 0.25) is 5.91 Å². The predicted molar refractivity (Wildman–Crippen MR) is 183 cm³/mol. The Bertz CT molecular complexity index is 1740. The fourth-order valence-electron chi connectivity index (χ4n) is 4.33. The third kappa shape index (κ3) is 8.95. The molecule has 1 aromatic heterocycles. The minimum absolute atomic E-state index is 0.121. The Kier molecular flexibility index (Phi) is 10.8. The summed E-state index contributed by atoms with van der Waals surface area (Å²) in [4.78, 5) is 40.5. The van der Waals surface area contributed by atoms with Gasteiger partial charge in [-0.25, -0.2) is 0 Å². The van der Waals surface area contributed by atoms with Crippen LogP contribution in [0.15, 0.2) is 137 Å². The molecule has 0 radical (unpaired) electrons. The fourth-order valence-corrected chi connectivity index (χ4v) is 5.97. The third-order valence-corrected chi connectivity index (χ3v) is 8.49. The van der Waals surface area contributed by atoms with Crippen LogP contribution >= 0.6 is 23.1 Å². The smallest absolute Gasteiger partial charge is 0.272 e. The van der Waals surface area contributed by atoms with Crippen molar-refractivity contribution >= 4 is 58.3 Å². The molecule has 1 atom stereocenters. The topological polar surface area (TPSA) is 96.5 Å². The summed E-state index contributed by atoms with van der Waals surface area (Å²) in [5.41, 5.74) is 3.46. The average molecular weight is 634 g/mol. The number of hydrogen-bond donors (Lipinski definition) is 3.